The molecule has 1 aliphatic heterocycles. The van der Waals surface area contributed by atoms with E-state index in [1.165, 1.54) is 11.8 Å². The highest BCUT2D eigenvalue weighted by Crippen LogP contribution is 2.34. The van der Waals surface area contributed by atoms with Crippen molar-refractivity contribution in [1.82, 2.24) is 0 Å². The first-order valence-electron chi connectivity index (χ1n) is 5.33. The van der Waals surface area contributed by atoms with Crippen LogP contribution in [0, 0.1) is 0 Å². The quantitative estimate of drug-likeness (QED) is 0.888. The zero-order valence-corrected chi connectivity index (χ0v) is 10.6. The highest BCUT2D eigenvalue weighted by molar-refractivity contribution is 8.00. The van der Waals surface area contributed by atoms with Crippen LogP contribution in [-0.2, 0) is 9.59 Å². The summed E-state index contributed by atoms with van der Waals surface area (Å²) < 4.78 is 0. The number of ketones is 1. The molecule has 0 aliphatic carbocycles. The molecule has 90 valence electrons. The number of thioether (sulfide) groups is 1. The largest absolute Gasteiger partial charge is 0.367 e. The number of hydrogen-bond acceptors (Lipinski definition) is 4. The van der Waals surface area contributed by atoms with Crippen molar-refractivity contribution < 1.29 is 9.59 Å². The van der Waals surface area contributed by atoms with Gasteiger partial charge in [0.2, 0.25) is 5.91 Å². The van der Waals surface area contributed by atoms with Gasteiger partial charge in [0, 0.05) is 17.6 Å². The van der Waals surface area contributed by atoms with Crippen molar-refractivity contribution in [2.24, 2.45) is 0 Å². The van der Waals surface area contributed by atoms with Crippen molar-refractivity contribution in [3.8, 4) is 0 Å². The van der Waals surface area contributed by atoms with Gasteiger partial charge < -0.3 is 10.2 Å². The van der Waals surface area contributed by atoms with E-state index in [0.29, 0.717) is 12.3 Å². The van der Waals surface area contributed by atoms with Gasteiger partial charge in [-0.05, 0) is 25.1 Å². The Morgan fingerprint density at radius 2 is 2.29 bits per heavy atom. The lowest BCUT2D eigenvalue weighted by Crippen LogP contribution is -2.24. The van der Waals surface area contributed by atoms with Gasteiger partial charge in [0.1, 0.15) is 5.78 Å². The molecule has 1 aromatic carbocycles. The van der Waals surface area contributed by atoms with Gasteiger partial charge in [0.25, 0.3) is 0 Å². The topological polar surface area (TPSA) is 49.4 Å². The predicted molar refractivity (Wildman–Crippen MR) is 69.7 cm³/mol. The minimum Gasteiger partial charge on any atom is -0.367 e. The van der Waals surface area contributed by atoms with Crippen molar-refractivity contribution >= 4 is 34.8 Å². The third-order valence-corrected chi connectivity index (χ3v) is 3.57. The van der Waals surface area contributed by atoms with Crippen LogP contribution in [0.1, 0.15) is 6.92 Å². The number of amides is 1. The molecular formula is C12H14N2O2S. The van der Waals surface area contributed by atoms with Gasteiger partial charge in [-0.15, -0.1) is 11.8 Å². The summed E-state index contributed by atoms with van der Waals surface area (Å²) in [5.74, 6) is 0.604. The van der Waals surface area contributed by atoms with E-state index in [4.69, 9.17) is 0 Å². The average Bonchev–Trinajstić information content (AvgIpc) is 2.27. The molecule has 0 fully saturated rings. The molecule has 1 heterocycles. The first kappa shape index (κ1) is 12.0. The van der Waals surface area contributed by atoms with Gasteiger partial charge in [-0.3, -0.25) is 9.59 Å². The zero-order valence-electron chi connectivity index (χ0n) is 9.82. The number of nitrogens with zero attached hydrogens (tertiary/aromatic N) is 1. The molecular weight excluding hydrogens is 236 g/mol. The van der Waals surface area contributed by atoms with Crippen LogP contribution in [0.4, 0.5) is 11.4 Å². The van der Waals surface area contributed by atoms with Crippen LogP contribution in [-0.4, -0.2) is 31.0 Å². The Morgan fingerprint density at radius 1 is 1.53 bits per heavy atom. The lowest BCUT2D eigenvalue weighted by molar-refractivity contribution is -0.116. The van der Waals surface area contributed by atoms with Crippen LogP contribution in [0.15, 0.2) is 23.1 Å². The second-order valence-electron chi connectivity index (χ2n) is 4.08. The van der Waals surface area contributed by atoms with Gasteiger partial charge in [0.05, 0.1) is 18.0 Å². The van der Waals surface area contributed by atoms with Crippen molar-refractivity contribution in [3.63, 3.8) is 0 Å². The molecule has 0 bridgehead atoms. The molecule has 0 atom stereocenters. The Bertz CT molecular complexity index is 474. The lowest BCUT2D eigenvalue weighted by Gasteiger charge is -2.22. The van der Waals surface area contributed by atoms with E-state index in [0.717, 1.165) is 16.3 Å². The first-order chi connectivity index (χ1) is 8.06. The highest BCUT2D eigenvalue weighted by Gasteiger charge is 2.16. The Balaban J connectivity index is 2.23. The van der Waals surface area contributed by atoms with Crippen LogP contribution < -0.4 is 10.2 Å². The van der Waals surface area contributed by atoms with E-state index in [-0.39, 0.29) is 11.7 Å². The minimum absolute atomic E-state index is 0.0221. The number of benzene rings is 1. The lowest BCUT2D eigenvalue weighted by atomic mass is 10.2. The number of fused-ring (bicyclic) bond motifs is 1. The van der Waals surface area contributed by atoms with E-state index in [2.05, 4.69) is 5.32 Å². The van der Waals surface area contributed by atoms with E-state index in [9.17, 15) is 9.59 Å². The molecule has 5 heteroatoms. The molecule has 0 radical (unpaired) electrons. The maximum Gasteiger partial charge on any atom is 0.234 e. The number of likely N-dealkylation sites (N-methyl/N-ethyl adjacent to an activating group) is 1. The number of carbonyl (C=O) groups is 2. The molecule has 1 aliphatic rings. The van der Waals surface area contributed by atoms with Gasteiger partial charge in [-0.2, -0.15) is 0 Å². The van der Waals surface area contributed by atoms with E-state index in [1.54, 1.807) is 6.92 Å². The van der Waals surface area contributed by atoms with Crippen molar-refractivity contribution in [2.45, 2.75) is 11.8 Å². The summed E-state index contributed by atoms with van der Waals surface area (Å²) in [5.41, 5.74) is 1.76. The Hall–Kier alpha value is -1.49. The van der Waals surface area contributed by atoms with Gasteiger partial charge >= 0.3 is 0 Å². The second-order valence-corrected chi connectivity index (χ2v) is 5.09. The number of hydrogen-bond donors (Lipinski definition) is 1. The molecule has 0 saturated heterocycles. The molecule has 1 amide bonds. The third kappa shape index (κ3) is 2.79. The van der Waals surface area contributed by atoms with E-state index in [1.807, 2.05) is 30.1 Å². The first-order valence-corrected chi connectivity index (χ1v) is 6.32. The second kappa shape index (κ2) is 4.79. The standard InChI is InChI=1S/C12H14N2O2S/c1-8(15)6-14(2)9-3-4-11-10(5-9)13-12(16)7-17-11/h3-5H,6-7H2,1-2H3,(H,13,16). The molecule has 4 nitrogen and oxygen atoms in total. The Kier molecular flexibility index (Phi) is 3.38. The fourth-order valence-corrected chi connectivity index (χ4v) is 2.52. The van der Waals surface area contributed by atoms with Crippen LogP contribution in [0.3, 0.4) is 0 Å². The molecule has 0 saturated carbocycles. The molecule has 17 heavy (non-hydrogen) atoms. The Morgan fingerprint density at radius 3 is 3.00 bits per heavy atom. The summed E-state index contributed by atoms with van der Waals surface area (Å²) in [7, 11) is 1.86. The maximum atomic E-state index is 11.3. The number of nitrogens with one attached hydrogen (secondary N) is 1. The highest BCUT2D eigenvalue weighted by atomic mass is 32.2. The smallest absolute Gasteiger partial charge is 0.234 e. The SMILES string of the molecule is CC(=O)CN(C)c1ccc2c(c1)NC(=O)CS2. The van der Waals surface area contributed by atoms with Crippen LogP contribution in [0.25, 0.3) is 0 Å². The number of carbonyl (C=O) groups excluding carboxylic acids is 2. The van der Waals surface area contributed by atoms with E-state index >= 15 is 0 Å². The summed E-state index contributed by atoms with van der Waals surface area (Å²) in [5, 5.41) is 2.84. The number of Topliss-reactive ketones (excluding diaryl/α,β-unsaturated/α-hetero) is 1. The van der Waals surface area contributed by atoms with Crippen LogP contribution in [0.5, 0.6) is 0 Å². The fraction of sp³-hybridized carbons (Fsp3) is 0.333. The number of rotatable bonds is 3. The molecule has 0 unspecified atom stereocenters. The van der Waals surface area contributed by atoms with Crippen LogP contribution in [0.2, 0.25) is 0 Å². The normalized spacial score (nSPS) is 13.9. The minimum atomic E-state index is 0.0221. The zero-order chi connectivity index (χ0) is 12.4. The molecule has 0 aromatic heterocycles. The van der Waals surface area contributed by atoms with Crippen LogP contribution >= 0.6 is 11.8 Å². The van der Waals surface area contributed by atoms with Crippen molar-refractivity contribution in [3.05, 3.63) is 18.2 Å². The third-order valence-electron chi connectivity index (χ3n) is 2.50. The summed E-state index contributed by atoms with van der Waals surface area (Å²) in [4.78, 5) is 25.3. The van der Waals surface area contributed by atoms with Gasteiger partial charge in [-0.1, -0.05) is 0 Å². The van der Waals surface area contributed by atoms with Gasteiger partial charge in [0.15, 0.2) is 0 Å². The Labute approximate surface area is 104 Å². The van der Waals surface area contributed by atoms with E-state index < -0.39 is 0 Å². The van der Waals surface area contributed by atoms with Crippen molar-refractivity contribution in [1.29, 1.82) is 0 Å². The molecule has 1 N–H and O–H groups in total. The summed E-state index contributed by atoms with van der Waals surface area (Å²) in [6.07, 6.45) is 0. The predicted octanol–water partition coefficient (Wildman–Crippen LogP) is 1.76. The number of anilines is 2. The monoisotopic (exact) mass is 250 g/mol. The molecule has 1 aromatic rings. The van der Waals surface area contributed by atoms with Crippen molar-refractivity contribution in [2.75, 3.05) is 29.6 Å². The summed E-state index contributed by atoms with van der Waals surface area (Å²) in [6, 6.07) is 5.85. The average molecular weight is 250 g/mol. The van der Waals surface area contributed by atoms with Gasteiger partial charge in [-0.25, -0.2) is 0 Å². The summed E-state index contributed by atoms with van der Waals surface area (Å²) in [6.45, 7) is 1.94. The maximum absolute atomic E-state index is 11.3. The molecule has 2 rings (SSSR count). The molecule has 0 spiro atoms. The fourth-order valence-electron chi connectivity index (χ4n) is 1.73. The summed E-state index contributed by atoms with van der Waals surface area (Å²) >= 11 is 1.53.